The molecule has 0 aliphatic rings. The third-order valence-corrected chi connectivity index (χ3v) is 8.93. The molecule has 6 amide bonds. The van der Waals surface area contributed by atoms with Gasteiger partial charge in [-0.15, -0.1) is 0 Å². The summed E-state index contributed by atoms with van der Waals surface area (Å²) in [6.07, 6.45) is 2.24. The highest BCUT2D eigenvalue weighted by atomic mass is 32.1. The molecular weight excluding hydrogens is 697 g/mol. The first-order chi connectivity index (χ1) is 25.2. The van der Waals surface area contributed by atoms with Crippen LogP contribution in [0, 0.1) is 11.8 Å². The van der Waals surface area contributed by atoms with Crippen molar-refractivity contribution in [1.82, 2.24) is 26.6 Å². The topological polar surface area (TPSA) is 241 Å². The summed E-state index contributed by atoms with van der Waals surface area (Å²) >= 11 is 4.11. The quantitative estimate of drug-likeness (QED) is 0.0570. The third kappa shape index (κ3) is 16.0. The molecule has 11 N–H and O–H groups in total. The Bertz CT molecular complexity index is 1480. The summed E-state index contributed by atoms with van der Waals surface area (Å²) in [5.41, 5.74) is 18.5. The van der Waals surface area contributed by atoms with E-state index in [1.807, 2.05) is 26.0 Å². The molecule has 0 bridgehead atoms. The van der Waals surface area contributed by atoms with E-state index in [0.717, 1.165) is 17.5 Å². The number of unbranched alkanes of at least 4 members (excludes halogenated alkanes) is 1. The Morgan fingerprint density at radius 1 is 0.623 bits per heavy atom. The molecule has 0 unspecified atom stereocenters. The third-order valence-electron chi connectivity index (χ3n) is 8.57. The predicted octanol–water partition coefficient (Wildman–Crippen LogP) is 0.469. The fourth-order valence-corrected chi connectivity index (χ4v) is 5.81. The van der Waals surface area contributed by atoms with Crippen LogP contribution in [0.25, 0.3) is 0 Å². The zero-order chi connectivity index (χ0) is 39.5. The van der Waals surface area contributed by atoms with Crippen molar-refractivity contribution in [2.45, 2.75) is 102 Å². The van der Waals surface area contributed by atoms with Crippen LogP contribution in [0.2, 0.25) is 0 Å². The van der Waals surface area contributed by atoms with Gasteiger partial charge >= 0.3 is 0 Å². The number of nitrogens with two attached hydrogens (primary N) is 3. The number of hydrogen-bond acceptors (Lipinski definition) is 9. The minimum Gasteiger partial charge on any atom is -0.368 e. The minimum atomic E-state index is -1.18. The zero-order valence-corrected chi connectivity index (χ0v) is 32.1. The first-order valence-electron chi connectivity index (χ1n) is 18.1. The van der Waals surface area contributed by atoms with Crippen molar-refractivity contribution in [2.75, 3.05) is 12.3 Å². The van der Waals surface area contributed by atoms with Gasteiger partial charge in [-0.2, -0.15) is 12.6 Å². The Labute approximate surface area is 318 Å². The van der Waals surface area contributed by atoms with E-state index in [2.05, 4.69) is 39.2 Å². The predicted molar refractivity (Wildman–Crippen MR) is 208 cm³/mol. The van der Waals surface area contributed by atoms with E-state index in [4.69, 9.17) is 17.2 Å². The Hall–Kier alpha value is -4.47. The number of hydrogen-bond donors (Lipinski definition) is 9. The summed E-state index contributed by atoms with van der Waals surface area (Å²) in [6, 6.07) is 11.7. The molecule has 15 heteroatoms. The molecule has 0 aliphatic heterocycles. The van der Waals surface area contributed by atoms with Crippen molar-refractivity contribution in [3.63, 3.8) is 0 Å². The lowest BCUT2D eigenvalue weighted by molar-refractivity contribution is -0.135. The van der Waals surface area contributed by atoms with E-state index in [-0.39, 0.29) is 24.5 Å². The molecule has 2 aromatic carbocycles. The number of carbonyl (C=O) groups is 6. The maximum Gasteiger partial charge on any atom is 0.243 e. The number of rotatable bonds is 23. The van der Waals surface area contributed by atoms with Gasteiger partial charge in [-0.1, -0.05) is 94.8 Å². The van der Waals surface area contributed by atoms with Gasteiger partial charge in [0.05, 0.1) is 6.04 Å². The van der Waals surface area contributed by atoms with E-state index in [1.54, 1.807) is 62.4 Å². The van der Waals surface area contributed by atoms with Crippen molar-refractivity contribution in [2.24, 2.45) is 29.0 Å². The van der Waals surface area contributed by atoms with E-state index in [0.29, 0.717) is 25.8 Å². The molecule has 2 rings (SSSR count). The summed E-state index contributed by atoms with van der Waals surface area (Å²) < 4.78 is 0. The molecule has 0 saturated carbocycles. The van der Waals surface area contributed by atoms with Gasteiger partial charge in [-0.25, -0.2) is 0 Å². The van der Waals surface area contributed by atoms with E-state index < -0.39 is 77.6 Å². The van der Waals surface area contributed by atoms with Gasteiger partial charge in [-0.05, 0) is 48.8 Å². The molecule has 2 aromatic rings. The summed E-state index contributed by atoms with van der Waals surface area (Å²) in [7, 11) is 0. The van der Waals surface area contributed by atoms with Gasteiger partial charge in [0, 0.05) is 18.6 Å². The number of benzene rings is 2. The molecule has 0 aromatic heterocycles. The first kappa shape index (κ1) is 44.7. The second kappa shape index (κ2) is 23.2. The second-order valence-corrected chi connectivity index (χ2v) is 14.3. The maximum atomic E-state index is 14.0. The highest BCUT2D eigenvalue weighted by Crippen LogP contribution is 2.12. The maximum absolute atomic E-state index is 14.0. The van der Waals surface area contributed by atoms with E-state index in [1.165, 1.54) is 0 Å². The van der Waals surface area contributed by atoms with Gasteiger partial charge in [0.15, 0.2) is 0 Å². The van der Waals surface area contributed by atoms with Crippen molar-refractivity contribution in [3.05, 3.63) is 71.8 Å². The van der Waals surface area contributed by atoms with Crippen molar-refractivity contribution in [1.29, 1.82) is 0 Å². The molecule has 0 heterocycles. The molecule has 0 radical (unpaired) electrons. The zero-order valence-electron chi connectivity index (χ0n) is 31.2. The summed E-state index contributed by atoms with van der Waals surface area (Å²) in [5, 5.41) is 13.6. The van der Waals surface area contributed by atoms with Crippen LogP contribution in [0.5, 0.6) is 0 Å². The molecule has 53 heavy (non-hydrogen) atoms. The van der Waals surface area contributed by atoms with E-state index >= 15 is 0 Å². The lowest BCUT2D eigenvalue weighted by atomic mass is 9.98. The highest BCUT2D eigenvalue weighted by molar-refractivity contribution is 7.80. The Kier molecular flexibility index (Phi) is 19.6. The smallest absolute Gasteiger partial charge is 0.243 e. The largest absolute Gasteiger partial charge is 0.368 e. The lowest BCUT2D eigenvalue weighted by Crippen LogP contribution is -2.61. The average Bonchev–Trinajstić information content (AvgIpc) is 3.12. The Morgan fingerprint density at radius 3 is 1.51 bits per heavy atom. The molecule has 0 aliphatic carbocycles. The van der Waals surface area contributed by atoms with Gasteiger partial charge in [-0.3, -0.25) is 28.8 Å². The molecule has 0 fully saturated rings. The molecule has 292 valence electrons. The number of nitrogens with one attached hydrogen (secondary N) is 5. The minimum absolute atomic E-state index is 0.0248. The summed E-state index contributed by atoms with van der Waals surface area (Å²) in [5.74, 6) is -4.22. The second-order valence-electron chi connectivity index (χ2n) is 14.0. The van der Waals surface area contributed by atoms with E-state index in [9.17, 15) is 28.8 Å². The SMILES string of the molecule is CC(C)C[C@H](NC(=O)[C@@H](N)CCCCN)C(=O)N[C@H](C(=O)N[C@@H](Cc1ccccc1)C(=O)N[C@@H](Cc1ccccc1)C(=O)N[C@@H](CS)C(N)=O)C(C)C. The lowest BCUT2D eigenvalue weighted by Gasteiger charge is -2.29. The summed E-state index contributed by atoms with van der Waals surface area (Å²) in [4.78, 5) is 79.9. The summed E-state index contributed by atoms with van der Waals surface area (Å²) in [6.45, 7) is 7.79. The van der Waals surface area contributed by atoms with Crippen LogP contribution >= 0.6 is 12.6 Å². The molecule has 14 nitrogen and oxygen atoms in total. The Balaban J connectivity index is 2.35. The van der Waals surface area contributed by atoms with Crippen LogP contribution in [-0.2, 0) is 41.6 Å². The van der Waals surface area contributed by atoms with Crippen LogP contribution < -0.4 is 43.8 Å². The van der Waals surface area contributed by atoms with Crippen molar-refractivity contribution in [3.8, 4) is 0 Å². The highest BCUT2D eigenvalue weighted by Gasteiger charge is 2.34. The van der Waals surface area contributed by atoms with Crippen LogP contribution in [0.4, 0.5) is 0 Å². The number of thiol groups is 1. The fraction of sp³-hybridized carbons (Fsp3) is 0.526. The van der Waals surface area contributed by atoms with Crippen LogP contribution in [0.15, 0.2) is 60.7 Å². The standard InChI is InChI=1S/C38H58N8O6S/c1-23(2)19-28(42-34(48)27(40)17-11-12-18-39)37(51)46-32(24(3)4)38(52)44-30(21-26-15-9-6-10-16-26)35(49)43-29(20-25-13-7-5-8-14-25)36(50)45-31(22-53)33(41)47/h5-10,13-16,23-24,27-32,53H,11-12,17-22,39-40H2,1-4H3,(H2,41,47)(H,42,48)(H,43,49)(H,44,52)(H,45,50)(H,46,51)/t27-,28-,29-,30-,31-,32-/m0/s1. The van der Waals surface area contributed by atoms with Crippen molar-refractivity contribution >= 4 is 48.1 Å². The van der Waals surface area contributed by atoms with Crippen LogP contribution in [0.3, 0.4) is 0 Å². The van der Waals surface area contributed by atoms with Crippen LogP contribution in [-0.4, -0.2) is 84.0 Å². The number of carbonyl (C=O) groups excluding carboxylic acids is 6. The van der Waals surface area contributed by atoms with Gasteiger partial charge in [0.2, 0.25) is 35.4 Å². The van der Waals surface area contributed by atoms with Gasteiger partial charge in [0.25, 0.3) is 0 Å². The molecule has 0 spiro atoms. The van der Waals surface area contributed by atoms with Crippen molar-refractivity contribution < 1.29 is 28.8 Å². The van der Waals surface area contributed by atoms with Crippen LogP contribution in [0.1, 0.15) is 64.5 Å². The molecule has 0 saturated heterocycles. The molecule has 6 atom stereocenters. The molecular formula is C38H58N8O6S. The fourth-order valence-electron chi connectivity index (χ4n) is 5.54. The monoisotopic (exact) mass is 754 g/mol. The number of primary amides is 1. The van der Waals surface area contributed by atoms with Gasteiger partial charge < -0.3 is 43.8 Å². The number of amides is 6. The first-order valence-corrected chi connectivity index (χ1v) is 18.7. The normalized spacial score (nSPS) is 14.6. The Morgan fingerprint density at radius 2 is 1.08 bits per heavy atom. The van der Waals surface area contributed by atoms with Gasteiger partial charge in [0.1, 0.15) is 30.2 Å². The average molecular weight is 755 g/mol.